The second-order valence-corrected chi connectivity index (χ2v) is 3.33. The Morgan fingerprint density at radius 3 is 2.50 bits per heavy atom. The van der Waals surface area contributed by atoms with E-state index in [0.717, 1.165) is 0 Å². The molecule has 0 aromatic heterocycles. The number of benzene rings is 1. The predicted molar refractivity (Wildman–Crippen MR) is 52.0 cm³/mol. The fraction of sp³-hybridized carbons (Fsp3) is 0.400. The lowest BCUT2D eigenvalue weighted by atomic mass is 10.1. The third-order valence-corrected chi connectivity index (χ3v) is 2.00. The molecule has 0 aliphatic carbocycles. The average Bonchev–Trinajstić information content (AvgIpc) is 2.17. The second kappa shape index (κ2) is 5.18. The van der Waals surface area contributed by atoms with E-state index in [2.05, 4.69) is 5.32 Å². The summed E-state index contributed by atoms with van der Waals surface area (Å²) >= 11 is 0. The number of hydrogen-bond donors (Lipinski definition) is 3. The number of alkyl halides is 3. The summed E-state index contributed by atoms with van der Waals surface area (Å²) in [6, 6.07) is 4.91. The van der Waals surface area contributed by atoms with Gasteiger partial charge in [-0.05, 0) is 17.7 Å². The van der Waals surface area contributed by atoms with Crippen molar-refractivity contribution < 1.29 is 23.4 Å². The Balaban J connectivity index is 2.68. The third-order valence-electron chi connectivity index (χ3n) is 2.00. The summed E-state index contributed by atoms with van der Waals surface area (Å²) < 4.78 is 35.9. The number of aromatic hydroxyl groups is 1. The van der Waals surface area contributed by atoms with Gasteiger partial charge in [-0.2, -0.15) is 13.2 Å². The van der Waals surface area contributed by atoms with Crippen LogP contribution in [0.3, 0.4) is 0 Å². The van der Waals surface area contributed by atoms with Gasteiger partial charge in [0.25, 0.3) is 0 Å². The van der Waals surface area contributed by atoms with E-state index in [-0.39, 0.29) is 5.75 Å². The maximum Gasteiger partial charge on any atom is 0.401 e. The molecule has 1 unspecified atom stereocenters. The van der Waals surface area contributed by atoms with Gasteiger partial charge in [0.05, 0.1) is 19.2 Å². The van der Waals surface area contributed by atoms with E-state index in [1.165, 1.54) is 24.3 Å². The number of phenols is 1. The van der Waals surface area contributed by atoms with Crippen molar-refractivity contribution in [1.29, 1.82) is 0 Å². The number of aliphatic hydroxyl groups excluding tert-OH is 1. The molecule has 0 aliphatic rings. The molecule has 6 heteroatoms. The SMILES string of the molecule is OCC(NCC(F)(F)F)c1cccc(O)c1. The zero-order chi connectivity index (χ0) is 12.2. The summed E-state index contributed by atoms with van der Waals surface area (Å²) in [5.41, 5.74) is 0.409. The van der Waals surface area contributed by atoms with Crippen LogP contribution in [0.4, 0.5) is 13.2 Å². The highest BCUT2D eigenvalue weighted by Gasteiger charge is 2.28. The lowest BCUT2D eigenvalue weighted by Crippen LogP contribution is -2.33. The topological polar surface area (TPSA) is 52.5 Å². The lowest BCUT2D eigenvalue weighted by Gasteiger charge is -2.18. The highest BCUT2D eigenvalue weighted by molar-refractivity contribution is 5.29. The van der Waals surface area contributed by atoms with Gasteiger partial charge in [-0.15, -0.1) is 0 Å². The molecule has 0 radical (unpaired) electrons. The third kappa shape index (κ3) is 4.08. The van der Waals surface area contributed by atoms with Crippen molar-refractivity contribution in [2.24, 2.45) is 0 Å². The summed E-state index contributed by atoms with van der Waals surface area (Å²) in [6.07, 6.45) is -4.33. The van der Waals surface area contributed by atoms with E-state index in [9.17, 15) is 13.2 Å². The largest absolute Gasteiger partial charge is 0.508 e. The molecule has 0 saturated carbocycles. The van der Waals surface area contributed by atoms with Gasteiger partial charge in [0.2, 0.25) is 0 Å². The van der Waals surface area contributed by atoms with Crippen LogP contribution < -0.4 is 5.32 Å². The number of hydrogen-bond acceptors (Lipinski definition) is 3. The summed E-state index contributed by atoms with van der Waals surface area (Å²) in [5, 5.41) is 20.3. The van der Waals surface area contributed by atoms with Gasteiger partial charge < -0.3 is 10.2 Å². The minimum atomic E-state index is -4.33. The van der Waals surface area contributed by atoms with Gasteiger partial charge in [0.15, 0.2) is 0 Å². The molecule has 0 saturated heterocycles. The van der Waals surface area contributed by atoms with Crippen LogP contribution in [0.15, 0.2) is 24.3 Å². The standard InChI is InChI=1S/C10H12F3NO2/c11-10(12,13)6-14-9(5-15)7-2-1-3-8(16)4-7/h1-4,9,14-16H,5-6H2. The molecule has 0 fully saturated rings. The minimum absolute atomic E-state index is 0.0511. The fourth-order valence-corrected chi connectivity index (χ4v) is 1.27. The first-order chi connectivity index (χ1) is 7.42. The molecule has 90 valence electrons. The molecule has 0 spiro atoms. The van der Waals surface area contributed by atoms with Crippen LogP contribution in [0.5, 0.6) is 5.75 Å². The van der Waals surface area contributed by atoms with Crippen molar-refractivity contribution in [3.63, 3.8) is 0 Å². The molecule has 1 rings (SSSR count). The fourth-order valence-electron chi connectivity index (χ4n) is 1.27. The molecule has 0 heterocycles. The van der Waals surface area contributed by atoms with Gasteiger partial charge in [0, 0.05) is 0 Å². The Morgan fingerprint density at radius 1 is 1.31 bits per heavy atom. The molecule has 3 N–H and O–H groups in total. The average molecular weight is 235 g/mol. The van der Waals surface area contributed by atoms with Crippen molar-refractivity contribution in [1.82, 2.24) is 5.32 Å². The number of halogens is 3. The zero-order valence-electron chi connectivity index (χ0n) is 8.33. The van der Waals surface area contributed by atoms with E-state index in [1.807, 2.05) is 0 Å². The quantitative estimate of drug-likeness (QED) is 0.742. The van der Waals surface area contributed by atoms with Crippen LogP contribution in [0.1, 0.15) is 11.6 Å². The molecule has 0 amide bonds. The maximum absolute atomic E-state index is 12.0. The molecular formula is C10H12F3NO2. The molecule has 1 aromatic carbocycles. The van der Waals surface area contributed by atoms with Gasteiger partial charge in [0.1, 0.15) is 5.75 Å². The Morgan fingerprint density at radius 2 is 2.00 bits per heavy atom. The highest BCUT2D eigenvalue weighted by Crippen LogP contribution is 2.20. The minimum Gasteiger partial charge on any atom is -0.508 e. The Labute approximate surface area is 90.5 Å². The van der Waals surface area contributed by atoms with E-state index in [4.69, 9.17) is 10.2 Å². The van der Waals surface area contributed by atoms with E-state index < -0.39 is 25.4 Å². The van der Waals surface area contributed by atoms with Crippen LogP contribution in [-0.2, 0) is 0 Å². The number of phenolic OH excluding ortho intramolecular Hbond substituents is 1. The van der Waals surface area contributed by atoms with Crippen LogP contribution in [0.25, 0.3) is 0 Å². The van der Waals surface area contributed by atoms with E-state index in [1.54, 1.807) is 0 Å². The molecule has 1 aromatic rings. The van der Waals surface area contributed by atoms with Crippen LogP contribution >= 0.6 is 0 Å². The monoisotopic (exact) mass is 235 g/mol. The smallest absolute Gasteiger partial charge is 0.401 e. The summed E-state index contributed by atoms with van der Waals surface area (Å²) in [5.74, 6) is -0.0511. The van der Waals surface area contributed by atoms with Gasteiger partial charge in [-0.25, -0.2) is 0 Å². The molecular weight excluding hydrogens is 223 g/mol. The van der Waals surface area contributed by atoms with Crippen LogP contribution in [-0.4, -0.2) is 29.5 Å². The Kier molecular flexibility index (Phi) is 4.14. The summed E-state index contributed by atoms with van der Waals surface area (Å²) in [4.78, 5) is 0. The molecule has 0 aliphatic heterocycles. The van der Waals surface area contributed by atoms with Crippen molar-refractivity contribution in [2.75, 3.05) is 13.2 Å². The first-order valence-corrected chi connectivity index (χ1v) is 4.62. The number of nitrogens with one attached hydrogen (secondary N) is 1. The van der Waals surface area contributed by atoms with Crippen molar-refractivity contribution >= 4 is 0 Å². The van der Waals surface area contributed by atoms with E-state index >= 15 is 0 Å². The highest BCUT2D eigenvalue weighted by atomic mass is 19.4. The van der Waals surface area contributed by atoms with Gasteiger partial charge in [-0.3, -0.25) is 5.32 Å². The van der Waals surface area contributed by atoms with Crippen LogP contribution in [0.2, 0.25) is 0 Å². The van der Waals surface area contributed by atoms with Crippen molar-refractivity contribution in [3.05, 3.63) is 29.8 Å². The summed E-state index contributed by atoms with van der Waals surface area (Å²) in [7, 11) is 0. The van der Waals surface area contributed by atoms with Gasteiger partial charge in [-0.1, -0.05) is 12.1 Å². The second-order valence-electron chi connectivity index (χ2n) is 3.33. The van der Waals surface area contributed by atoms with Crippen molar-refractivity contribution in [2.45, 2.75) is 12.2 Å². The zero-order valence-corrected chi connectivity index (χ0v) is 8.33. The first kappa shape index (κ1) is 12.8. The maximum atomic E-state index is 12.0. The molecule has 1 atom stereocenters. The number of rotatable bonds is 4. The molecule has 0 bridgehead atoms. The van der Waals surface area contributed by atoms with Crippen molar-refractivity contribution in [3.8, 4) is 5.75 Å². The van der Waals surface area contributed by atoms with Gasteiger partial charge >= 0.3 is 6.18 Å². The first-order valence-electron chi connectivity index (χ1n) is 4.62. The lowest BCUT2D eigenvalue weighted by molar-refractivity contribution is -0.126. The predicted octanol–water partition coefficient (Wildman–Crippen LogP) is 1.58. The van der Waals surface area contributed by atoms with E-state index in [0.29, 0.717) is 5.56 Å². The van der Waals surface area contributed by atoms with Crippen LogP contribution in [0, 0.1) is 0 Å². The Bertz CT molecular complexity index is 341. The molecule has 3 nitrogen and oxygen atoms in total. The molecule has 16 heavy (non-hydrogen) atoms. The summed E-state index contributed by atoms with van der Waals surface area (Å²) in [6.45, 7) is -1.66. The normalized spacial score (nSPS) is 13.8. The Hall–Kier alpha value is -1.27. The number of aliphatic hydroxyl groups is 1.